The van der Waals surface area contributed by atoms with Crippen molar-refractivity contribution in [2.24, 2.45) is 5.92 Å². The number of phenolic OH excluding ortho intramolecular Hbond substituents is 1. The monoisotopic (exact) mass is 232 g/mol. The number of aromatic amines is 1. The van der Waals surface area contributed by atoms with Crippen LogP contribution < -0.4 is 5.73 Å². The first-order valence-electron chi connectivity index (χ1n) is 5.56. The van der Waals surface area contributed by atoms with Crippen LogP contribution in [-0.4, -0.2) is 20.3 Å². The minimum atomic E-state index is 0.0756. The molecule has 0 fully saturated rings. The molecule has 2 aromatic rings. The van der Waals surface area contributed by atoms with E-state index in [1.807, 2.05) is 0 Å². The fourth-order valence-electron chi connectivity index (χ4n) is 1.60. The van der Waals surface area contributed by atoms with E-state index in [1.165, 1.54) is 0 Å². The number of aromatic nitrogens is 3. The number of nitrogens with two attached hydrogens (primary N) is 1. The fourth-order valence-corrected chi connectivity index (χ4v) is 1.60. The van der Waals surface area contributed by atoms with Gasteiger partial charge in [-0.2, -0.15) is 5.10 Å². The number of nitrogen functional groups attached to an aromatic ring is 1. The Balaban J connectivity index is 2.27. The molecule has 0 radical (unpaired) electrons. The summed E-state index contributed by atoms with van der Waals surface area (Å²) in [6, 6.07) is 4.95. The summed E-state index contributed by atoms with van der Waals surface area (Å²) >= 11 is 0. The van der Waals surface area contributed by atoms with Gasteiger partial charge in [-0.3, -0.25) is 5.10 Å². The van der Waals surface area contributed by atoms with Crippen LogP contribution in [0.2, 0.25) is 0 Å². The molecule has 90 valence electrons. The van der Waals surface area contributed by atoms with E-state index in [2.05, 4.69) is 29.0 Å². The molecule has 4 N–H and O–H groups in total. The number of hydrogen-bond acceptors (Lipinski definition) is 4. The van der Waals surface area contributed by atoms with Crippen molar-refractivity contribution in [1.82, 2.24) is 15.2 Å². The summed E-state index contributed by atoms with van der Waals surface area (Å²) in [6.07, 6.45) is 0.862. The number of phenols is 1. The summed E-state index contributed by atoms with van der Waals surface area (Å²) in [4.78, 5) is 4.39. The Kier molecular flexibility index (Phi) is 2.99. The normalized spacial score (nSPS) is 11.0. The highest BCUT2D eigenvalue weighted by Crippen LogP contribution is 2.25. The molecule has 0 spiro atoms. The second kappa shape index (κ2) is 4.45. The standard InChI is InChI=1S/C12H16N4O/c1-7(2)5-11-14-12(16-15-11)8-3-4-10(17)9(13)6-8/h3-4,6-7,17H,5,13H2,1-2H3,(H,14,15,16). The molecular weight excluding hydrogens is 216 g/mol. The molecule has 2 rings (SSSR count). The van der Waals surface area contributed by atoms with Crippen molar-refractivity contribution in [2.75, 3.05) is 5.73 Å². The van der Waals surface area contributed by atoms with Gasteiger partial charge < -0.3 is 10.8 Å². The second-order valence-corrected chi connectivity index (χ2v) is 4.48. The number of aromatic hydroxyl groups is 1. The summed E-state index contributed by atoms with van der Waals surface area (Å²) in [7, 11) is 0. The Morgan fingerprint density at radius 3 is 2.82 bits per heavy atom. The molecule has 0 aliphatic heterocycles. The largest absolute Gasteiger partial charge is 0.506 e. The lowest BCUT2D eigenvalue weighted by atomic mass is 10.1. The van der Waals surface area contributed by atoms with E-state index in [9.17, 15) is 5.11 Å². The molecule has 0 saturated heterocycles. The lowest BCUT2D eigenvalue weighted by Gasteiger charge is -2.00. The molecule has 0 aliphatic carbocycles. The van der Waals surface area contributed by atoms with Crippen molar-refractivity contribution in [2.45, 2.75) is 20.3 Å². The Morgan fingerprint density at radius 1 is 1.41 bits per heavy atom. The molecule has 1 aromatic carbocycles. The summed E-state index contributed by atoms with van der Waals surface area (Å²) < 4.78 is 0. The Labute approximate surface area is 99.7 Å². The van der Waals surface area contributed by atoms with Crippen LogP contribution in [0, 0.1) is 5.92 Å². The van der Waals surface area contributed by atoms with Crippen molar-refractivity contribution < 1.29 is 5.11 Å². The van der Waals surface area contributed by atoms with E-state index in [0.29, 0.717) is 17.4 Å². The average Bonchev–Trinajstić information content (AvgIpc) is 2.69. The van der Waals surface area contributed by atoms with Gasteiger partial charge in [-0.15, -0.1) is 0 Å². The van der Waals surface area contributed by atoms with Crippen LogP contribution in [-0.2, 0) is 6.42 Å². The molecule has 0 unspecified atom stereocenters. The maximum atomic E-state index is 9.34. The Morgan fingerprint density at radius 2 is 2.18 bits per heavy atom. The van der Waals surface area contributed by atoms with Crippen LogP contribution in [0.4, 0.5) is 5.69 Å². The number of nitrogens with one attached hydrogen (secondary N) is 1. The zero-order valence-electron chi connectivity index (χ0n) is 9.94. The third-order valence-corrected chi connectivity index (χ3v) is 2.42. The number of hydrogen-bond donors (Lipinski definition) is 3. The van der Waals surface area contributed by atoms with Gasteiger partial charge in [0.05, 0.1) is 5.69 Å². The van der Waals surface area contributed by atoms with Crippen LogP contribution in [0.1, 0.15) is 19.7 Å². The quantitative estimate of drug-likeness (QED) is 0.557. The van der Waals surface area contributed by atoms with E-state index in [1.54, 1.807) is 18.2 Å². The number of benzene rings is 1. The van der Waals surface area contributed by atoms with Gasteiger partial charge in [0.1, 0.15) is 11.6 Å². The zero-order chi connectivity index (χ0) is 12.4. The van der Waals surface area contributed by atoms with Crippen molar-refractivity contribution in [3.05, 3.63) is 24.0 Å². The predicted molar refractivity (Wildman–Crippen MR) is 66.4 cm³/mol. The maximum absolute atomic E-state index is 9.34. The number of rotatable bonds is 3. The SMILES string of the molecule is CC(C)Cc1nc(-c2ccc(O)c(N)c2)n[nH]1. The van der Waals surface area contributed by atoms with Crippen molar-refractivity contribution >= 4 is 5.69 Å². The summed E-state index contributed by atoms with van der Waals surface area (Å²) in [5, 5.41) is 16.4. The topological polar surface area (TPSA) is 87.8 Å². The van der Waals surface area contributed by atoms with Crippen LogP contribution in [0.15, 0.2) is 18.2 Å². The van der Waals surface area contributed by atoms with Gasteiger partial charge in [0.15, 0.2) is 5.82 Å². The maximum Gasteiger partial charge on any atom is 0.181 e. The second-order valence-electron chi connectivity index (χ2n) is 4.48. The van der Waals surface area contributed by atoms with Crippen LogP contribution in [0.25, 0.3) is 11.4 Å². The zero-order valence-corrected chi connectivity index (χ0v) is 9.94. The van der Waals surface area contributed by atoms with Gasteiger partial charge in [0, 0.05) is 12.0 Å². The third-order valence-electron chi connectivity index (χ3n) is 2.42. The van der Waals surface area contributed by atoms with E-state index >= 15 is 0 Å². The number of H-pyrrole nitrogens is 1. The van der Waals surface area contributed by atoms with E-state index in [0.717, 1.165) is 17.8 Å². The summed E-state index contributed by atoms with van der Waals surface area (Å²) in [5.41, 5.74) is 6.76. The van der Waals surface area contributed by atoms with Crippen molar-refractivity contribution in [1.29, 1.82) is 0 Å². The Hall–Kier alpha value is -2.04. The van der Waals surface area contributed by atoms with Gasteiger partial charge in [0.25, 0.3) is 0 Å². The lowest BCUT2D eigenvalue weighted by Crippen LogP contribution is -1.95. The van der Waals surface area contributed by atoms with Gasteiger partial charge in [-0.1, -0.05) is 13.8 Å². The van der Waals surface area contributed by atoms with Gasteiger partial charge in [0.2, 0.25) is 0 Å². The first-order valence-corrected chi connectivity index (χ1v) is 5.56. The van der Waals surface area contributed by atoms with E-state index < -0.39 is 0 Å². The molecule has 0 aliphatic rings. The van der Waals surface area contributed by atoms with Gasteiger partial charge in [-0.05, 0) is 24.1 Å². The molecule has 0 saturated carbocycles. The van der Waals surface area contributed by atoms with E-state index in [4.69, 9.17) is 5.73 Å². The number of anilines is 1. The smallest absolute Gasteiger partial charge is 0.181 e. The molecule has 5 heteroatoms. The fraction of sp³-hybridized carbons (Fsp3) is 0.333. The molecule has 0 atom stereocenters. The van der Waals surface area contributed by atoms with Crippen molar-refractivity contribution in [3.8, 4) is 17.1 Å². The van der Waals surface area contributed by atoms with Gasteiger partial charge in [-0.25, -0.2) is 4.98 Å². The molecule has 1 heterocycles. The third kappa shape index (κ3) is 2.55. The van der Waals surface area contributed by atoms with Crippen LogP contribution in [0.5, 0.6) is 5.75 Å². The molecule has 5 nitrogen and oxygen atoms in total. The molecule has 0 bridgehead atoms. The lowest BCUT2D eigenvalue weighted by molar-refractivity contribution is 0.478. The molecule has 0 amide bonds. The minimum Gasteiger partial charge on any atom is -0.506 e. The van der Waals surface area contributed by atoms with Crippen LogP contribution >= 0.6 is 0 Å². The summed E-state index contributed by atoms with van der Waals surface area (Å²) in [5.74, 6) is 2.07. The predicted octanol–water partition coefficient (Wildman–Crippen LogP) is 1.96. The minimum absolute atomic E-state index is 0.0756. The highest BCUT2D eigenvalue weighted by atomic mass is 16.3. The molecule has 1 aromatic heterocycles. The first-order chi connectivity index (χ1) is 8.06. The van der Waals surface area contributed by atoms with Crippen LogP contribution in [0.3, 0.4) is 0 Å². The van der Waals surface area contributed by atoms with E-state index in [-0.39, 0.29) is 5.75 Å². The molecule has 17 heavy (non-hydrogen) atoms. The highest BCUT2D eigenvalue weighted by molar-refractivity contribution is 5.65. The first kappa shape index (κ1) is 11.4. The van der Waals surface area contributed by atoms with Gasteiger partial charge >= 0.3 is 0 Å². The molecular formula is C12H16N4O. The summed E-state index contributed by atoms with van der Waals surface area (Å²) in [6.45, 7) is 4.25. The highest BCUT2D eigenvalue weighted by Gasteiger charge is 2.08. The average molecular weight is 232 g/mol. The van der Waals surface area contributed by atoms with Crippen molar-refractivity contribution in [3.63, 3.8) is 0 Å². The Bertz CT molecular complexity index is 519. The number of nitrogens with zero attached hydrogens (tertiary/aromatic N) is 2.